The molecule has 9 nitrogen and oxygen atoms in total. The lowest BCUT2D eigenvalue weighted by molar-refractivity contribution is -0.202. The summed E-state index contributed by atoms with van der Waals surface area (Å²) >= 11 is 0. The Labute approximate surface area is 210 Å². The van der Waals surface area contributed by atoms with E-state index >= 15 is 0 Å². The van der Waals surface area contributed by atoms with Crippen molar-refractivity contribution in [1.82, 2.24) is 24.8 Å². The van der Waals surface area contributed by atoms with Crippen LogP contribution in [-0.4, -0.2) is 62.2 Å². The predicted octanol–water partition coefficient (Wildman–Crippen LogP) is 3.97. The molecule has 3 aromatic heterocycles. The molecule has 1 N–H and O–H groups in total. The minimum Gasteiger partial charge on any atom is -0.458 e. The average Bonchev–Trinajstić information content (AvgIpc) is 2.80. The quantitative estimate of drug-likeness (QED) is 0.494. The molecule has 1 aliphatic heterocycles. The number of pyridine rings is 2. The lowest BCUT2D eigenvalue weighted by atomic mass is 10.1. The van der Waals surface area contributed by atoms with Crippen LogP contribution in [0.3, 0.4) is 0 Å². The summed E-state index contributed by atoms with van der Waals surface area (Å²) in [6, 6.07) is 2.41. The minimum absolute atomic E-state index is 0.0370. The number of ether oxygens (including phenoxy) is 2. The highest BCUT2D eigenvalue weighted by molar-refractivity contribution is 5.94. The Kier molecular flexibility index (Phi) is 7.07. The lowest BCUT2D eigenvalue weighted by Gasteiger charge is -2.35. The van der Waals surface area contributed by atoms with Crippen molar-refractivity contribution in [3.8, 4) is 5.88 Å². The Hall–Kier alpha value is -3.75. The third kappa shape index (κ3) is 5.71. The molecule has 0 aromatic carbocycles. The molecule has 0 spiro atoms. The number of fused-ring (bicyclic) bond motifs is 1. The van der Waals surface area contributed by atoms with Crippen LogP contribution in [0.25, 0.3) is 11.0 Å². The number of aryl methyl sites for hydroxylation is 1. The molecule has 0 bridgehead atoms. The van der Waals surface area contributed by atoms with E-state index in [4.69, 9.17) is 9.47 Å². The number of H-pyrrole nitrogens is 1. The second kappa shape index (κ2) is 9.85. The smallest absolute Gasteiger partial charge is 0.431 e. The Morgan fingerprint density at radius 3 is 2.34 bits per heavy atom. The van der Waals surface area contributed by atoms with Gasteiger partial charge >= 0.3 is 12.4 Å². The van der Waals surface area contributed by atoms with Crippen molar-refractivity contribution in [2.45, 2.75) is 51.4 Å². The van der Waals surface area contributed by atoms with Gasteiger partial charge in [0, 0.05) is 25.4 Å². The van der Waals surface area contributed by atoms with E-state index in [0.717, 1.165) is 18.3 Å². The van der Waals surface area contributed by atoms with E-state index < -0.39 is 58.1 Å². The number of carbonyl (C=O) groups excluding carboxylic acids is 1. The molecule has 1 amide bonds. The van der Waals surface area contributed by atoms with Crippen molar-refractivity contribution < 1.29 is 40.6 Å². The summed E-state index contributed by atoms with van der Waals surface area (Å²) in [5.74, 6) is -1.21. The number of morpholine rings is 1. The van der Waals surface area contributed by atoms with Crippen molar-refractivity contribution >= 4 is 16.9 Å². The van der Waals surface area contributed by atoms with Crippen LogP contribution in [-0.2, 0) is 10.9 Å². The van der Waals surface area contributed by atoms with Gasteiger partial charge in [0.05, 0.1) is 28.9 Å². The fraction of sp³-hybridized carbons (Fsp3) is 0.435. The first-order chi connectivity index (χ1) is 17.6. The third-order valence-electron chi connectivity index (χ3n) is 5.61. The van der Waals surface area contributed by atoms with Gasteiger partial charge in [-0.15, -0.1) is 0 Å². The highest BCUT2D eigenvalue weighted by Gasteiger charge is 2.49. The number of aromatic amines is 1. The number of rotatable bonds is 4. The summed E-state index contributed by atoms with van der Waals surface area (Å²) in [6.07, 6.45) is -13.4. The molecule has 0 saturated carbocycles. The topological polar surface area (TPSA) is 110 Å². The van der Waals surface area contributed by atoms with E-state index in [9.17, 15) is 35.9 Å². The highest BCUT2D eigenvalue weighted by atomic mass is 19.4. The van der Waals surface area contributed by atoms with Crippen LogP contribution in [0, 0.1) is 6.92 Å². The molecular formula is C23H21F6N5O4. The summed E-state index contributed by atoms with van der Waals surface area (Å²) in [5.41, 5.74) is -5.58. The first-order valence-electron chi connectivity index (χ1n) is 11.3. The van der Waals surface area contributed by atoms with Gasteiger partial charge in [-0.3, -0.25) is 9.59 Å². The van der Waals surface area contributed by atoms with Crippen LogP contribution in [0.4, 0.5) is 26.3 Å². The number of halogens is 6. The molecular weight excluding hydrogens is 524 g/mol. The van der Waals surface area contributed by atoms with Gasteiger partial charge in [0.2, 0.25) is 12.0 Å². The van der Waals surface area contributed by atoms with Gasteiger partial charge in [0.1, 0.15) is 11.5 Å². The second-order valence-corrected chi connectivity index (χ2v) is 8.83. The Morgan fingerprint density at radius 2 is 1.79 bits per heavy atom. The maximum atomic E-state index is 14.0. The maximum absolute atomic E-state index is 14.0. The first kappa shape index (κ1) is 27.3. The van der Waals surface area contributed by atoms with Gasteiger partial charge in [-0.25, -0.2) is 15.0 Å². The number of carbonyl (C=O) groups is 1. The fourth-order valence-electron chi connectivity index (χ4n) is 4.13. The van der Waals surface area contributed by atoms with Gasteiger partial charge in [-0.2, -0.15) is 26.3 Å². The second-order valence-electron chi connectivity index (χ2n) is 8.83. The van der Waals surface area contributed by atoms with E-state index in [1.165, 1.54) is 11.8 Å². The number of hydrogen-bond acceptors (Lipinski definition) is 7. The number of hydrogen-bond donors (Lipinski definition) is 1. The molecule has 1 saturated heterocycles. The number of alkyl halides is 6. The SMILES string of the molecule is Cc1nc2cc(C(F)(F)F)c([C@@H](Oc3ccc(C(=O)N4C[C@@H](C)O[C@@H](C)C4)cn3)C(F)(F)F)nc2c(=O)[nH]1. The summed E-state index contributed by atoms with van der Waals surface area (Å²) in [6.45, 7) is 5.44. The van der Waals surface area contributed by atoms with Crippen molar-refractivity contribution in [2.24, 2.45) is 0 Å². The number of nitrogens with one attached hydrogen (secondary N) is 1. The monoisotopic (exact) mass is 545 g/mol. The molecule has 4 heterocycles. The number of amides is 1. The molecule has 0 aliphatic carbocycles. The van der Waals surface area contributed by atoms with Crippen LogP contribution in [0.2, 0.25) is 0 Å². The summed E-state index contributed by atoms with van der Waals surface area (Å²) in [7, 11) is 0. The normalized spacial score (nSPS) is 19.4. The van der Waals surface area contributed by atoms with E-state index in [2.05, 4.69) is 19.9 Å². The Balaban J connectivity index is 1.70. The molecule has 38 heavy (non-hydrogen) atoms. The van der Waals surface area contributed by atoms with E-state index in [1.807, 2.05) is 0 Å². The lowest BCUT2D eigenvalue weighted by Crippen LogP contribution is -2.48. The van der Waals surface area contributed by atoms with Crippen LogP contribution in [0.1, 0.15) is 47.4 Å². The largest absolute Gasteiger partial charge is 0.458 e. The van der Waals surface area contributed by atoms with Gasteiger partial charge in [-0.05, 0) is 32.9 Å². The predicted molar refractivity (Wildman–Crippen MR) is 119 cm³/mol. The van der Waals surface area contributed by atoms with Crippen LogP contribution >= 0.6 is 0 Å². The van der Waals surface area contributed by atoms with Crippen molar-refractivity contribution in [1.29, 1.82) is 0 Å². The molecule has 4 rings (SSSR count). The van der Waals surface area contributed by atoms with Crippen molar-refractivity contribution in [3.63, 3.8) is 0 Å². The molecule has 3 atom stereocenters. The summed E-state index contributed by atoms with van der Waals surface area (Å²) in [5, 5.41) is 0. The fourth-order valence-corrected chi connectivity index (χ4v) is 4.13. The van der Waals surface area contributed by atoms with Gasteiger partial charge in [0.25, 0.3) is 11.5 Å². The van der Waals surface area contributed by atoms with Crippen LogP contribution < -0.4 is 10.3 Å². The molecule has 1 fully saturated rings. The Morgan fingerprint density at radius 1 is 1.13 bits per heavy atom. The minimum atomic E-state index is -5.39. The standard InChI is InChI=1S/C23H21F6N5O4/c1-10-8-34(9-11(2)37-10)21(36)13-4-5-16(30-7-13)38-19(23(27,28)29)17-14(22(24,25)26)6-15-18(33-17)20(35)32-12(3)31-15/h4-7,10-11,19H,8-9H2,1-3H3,(H,31,32,35)/t10-,11+,19-/m1/s1. The molecule has 15 heteroatoms. The van der Waals surface area contributed by atoms with Crippen molar-refractivity contribution in [3.05, 3.63) is 57.4 Å². The van der Waals surface area contributed by atoms with Crippen LogP contribution in [0.5, 0.6) is 5.88 Å². The van der Waals surface area contributed by atoms with Gasteiger partial charge in [0.15, 0.2) is 5.52 Å². The summed E-state index contributed by atoms with van der Waals surface area (Å²) in [4.78, 5) is 39.5. The number of nitrogens with zero attached hydrogens (tertiary/aromatic N) is 4. The van der Waals surface area contributed by atoms with Gasteiger partial charge < -0.3 is 19.4 Å². The van der Waals surface area contributed by atoms with E-state index in [-0.39, 0.29) is 23.6 Å². The maximum Gasteiger partial charge on any atom is 0.431 e. The Bertz CT molecular complexity index is 1400. The summed E-state index contributed by atoms with van der Waals surface area (Å²) < 4.78 is 93.8. The zero-order valence-corrected chi connectivity index (χ0v) is 20.1. The van der Waals surface area contributed by atoms with Crippen LogP contribution in [0.15, 0.2) is 29.2 Å². The molecule has 204 valence electrons. The highest BCUT2D eigenvalue weighted by Crippen LogP contribution is 2.42. The van der Waals surface area contributed by atoms with Gasteiger partial charge in [-0.1, -0.05) is 0 Å². The zero-order valence-electron chi connectivity index (χ0n) is 20.1. The molecule has 3 aromatic rings. The molecule has 0 unspecified atom stereocenters. The first-order valence-corrected chi connectivity index (χ1v) is 11.3. The third-order valence-corrected chi connectivity index (χ3v) is 5.61. The number of aromatic nitrogens is 4. The van der Waals surface area contributed by atoms with E-state index in [0.29, 0.717) is 19.2 Å². The molecule has 0 radical (unpaired) electrons. The molecule has 1 aliphatic rings. The van der Waals surface area contributed by atoms with Crippen molar-refractivity contribution in [2.75, 3.05) is 13.1 Å². The van der Waals surface area contributed by atoms with E-state index in [1.54, 1.807) is 13.8 Å². The zero-order chi connectivity index (χ0) is 28.0. The average molecular weight is 545 g/mol.